The molecule has 2 nitrogen and oxygen atoms in total. The highest BCUT2D eigenvalue weighted by atomic mass is 16.5. The summed E-state index contributed by atoms with van der Waals surface area (Å²) >= 11 is 0. The van der Waals surface area contributed by atoms with Gasteiger partial charge in [-0.25, -0.2) is 0 Å². The van der Waals surface area contributed by atoms with Crippen LogP contribution >= 0.6 is 0 Å². The van der Waals surface area contributed by atoms with Crippen molar-refractivity contribution in [3.05, 3.63) is 42.5 Å². The molecule has 1 rings (SSSR count). The van der Waals surface area contributed by atoms with E-state index in [1.807, 2.05) is 30.3 Å². The van der Waals surface area contributed by atoms with Crippen LogP contribution in [0.3, 0.4) is 0 Å². The van der Waals surface area contributed by atoms with Gasteiger partial charge in [0.2, 0.25) is 0 Å². The van der Waals surface area contributed by atoms with Crippen molar-refractivity contribution in [2.45, 2.75) is 12.5 Å². The summed E-state index contributed by atoms with van der Waals surface area (Å²) in [7, 11) is 1.65. The van der Waals surface area contributed by atoms with Crippen LogP contribution in [0.5, 0.6) is 5.75 Å². The molecule has 0 saturated carbocycles. The molecule has 0 heterocycles. The summed E-state index contributed by atoms with van der Waals surface area (Å²) in [6.07, 6.45) is 2.58. The zero-order chi connectivity index (χ0) is 9.68. The molecule has 2 heteroatoms. The molecule has 70 valence electrons. The van der Waals surface area contributed by atoms with Crippen molar-refractivity contribution in [2.75, 3.05) is 7.11 Å². The number of methoxy groups -OCH3 is 1. The fraction of sp³-hybridized carbons (Fsp3) is 0.273. The number of hydrogen-bond acceptors (Lipinski definition) is 2. The fourth-order valence-corrected chi connectivity index (χ4v) is 1.28. The Morgan fingerprint density at radius 3 is 2.85 bits per heavy atom. The molecule has 2 N–H and O–H groups in total. The highest BCUT2D eigenvalue weighted by Crippen LogP contribution is 2.24. The number of hydrogen-bond donors (Lipinski definition) is 1. The lowest BCUT2D eigenvalue weighted by atomic mass is 10.0. The van der Waals surface area contributed by atoms with Gasteiger partial charge in [0, 0.05) is 11.6 Å². The number of ether oxygens (including phenoxy) is 1. The second-order valence-corrected chi connectivity index (χ2v) is 2.87. The monoisotopic (exact) mass is 177 g/mol. The third kappa shape index (κ3) is 2.33. The number of rotatable bonds is 4. The van der Waals surface area contributed by atoms with E-state index in [1.54, 1.807) is 7.11 Å². The molecule has 0 spiro atoms. The quantitative estimate of drug-likeness (QED) is 0.716. The van der Waals surface area contributed by atoms with Gasteiger partial charge in [0.1, 0.15) is 5.75 Å². The third-order valence-corrected chi connectivity index (χ3v) is 1.96. The topological polar surface area (TPSA) is 35.2 Å². The van der Waals surface area contributed by atoms with Crippen LogP contribution in [0.1, 0.15) is 18.0 Å². The first-order chi connectivity index (χ1) is 6.29. The summed E-state index contributed by atoms with van der Waals surface area (Å²) in [4.78, 5) is 0. The predicted octanol–water partition coefficient (Wildman–Crippen LogP) is 2.27. The van der Waals surface area contributed by atoms with Crippen LogP contribution in [0.2, 0.25) is 0 Å². The fourth-order valence-electron chi connectivity index (χ4n) is 1.28. The lowest BCUT2D eigenvalue weighted by Crippen LogP contribution is -2.10. The first-order valence-electron chi connectivity index (χ1n) is 4.29. The lowest BCUT2D eigenvalue weighted by Gasteiger charge is -2.13. The average Bonchev–Trinajstić information content (AvgIpc) is 2.18. The van der Waals surface area contributed by atoms with Crippen molar-refractivity contribution in [1.82, 2.24) is 0 Å². The average molecular weight is 177 g/mol. The highest BCUT2D eigenvalue weighted by Gasteiger charge is 2.08. The highest BCUT2D eigenvalue weighted by molar-refractivity contribution is 5.35. The molecule has 0 aliphatic carbocycles. The largest absolute Gasteiger partial charge is 0.496 e. The Morgan fingerprint density at radius 1 is 1.54 bits per heavy atom. The van der Waals surface area contributed by atoms with Gasteiger partial charge in [-0.3, -0.25) is 0 Å². The van der Waals surface area contributed by atoms with Gasteiger partial charge in [0.15, 0.2) is 0 Å². The molecule has 1 atom stereocenters. The Hall–Kier alpha value is -1.28. The second-order valence-electron chi connectivity index (χ2n) is 2.87. The summed E-state index contributed by atoms with van der Waals surface area (Å²) < 4.78 is 5.20. The van der Waals surface area contributed by atoms with Crippen LogP contribution in [0.15, 0.2) is 36.9 Å². The van der Waals surface area contributed by atoms with Gasteiger partial charge >= 0.3 is 0 Å². The number of benzene rings is 1. The third-order valence-electron chi connectivity index (χ3n) is 1.96. The van der Waals surface area contributed by atoms with Crippen molar-refractivity contribution in [3.8, 4) is 5.75 Å². The Morgan fingerprint density at radius 2 is 2.23 bits per heavy atom. The van der Waals surface area contributed by atoms with Crippen LogP contribution in [-0.4, -0.2) is 7.11 Å². The maximum atomic E-state index is 5.93. The Bertz CT molecular complexity index is 283. The van der Waals surface area contributed by atoms with Crippen LogP contribution < -0.4 is 10.5 Å². The van der Waals surface area contributed by atoms with E-state index in [9.17, 15) is 0 Å². The van der Waals surface area contributed by atoms with E-state index in [1.165, 1.54) is 0 Å². The molecule has 13 heavy (non-hydrogen) atoms. The minimum atomic E-state index is -0.0198. The summed E-state index contributed by atoms with van der Waals surface area (Å²) in [6.45, 7) is 3.66. The maximum Gasteiger partial charge on any atom is 0.123 e. The minimum Gasteiger partial charge on any atom is -0.496 e. The molecule has 1 aromatic carbocycles. The van der Waals surface area contributed by atoms with Gasteiger partial charge in [-0.15, -0.1) is 6.58 Å². The van der Waals surface area contributed by atoms with E-state index < -0.39 is 0 Å². The van der Waals surface area contributed by atoms with Gasteiger partial charge in [-0.1, -0.05) is 24.3 Å². The van der Waals surface area contributed by atoms with Crippen molar-refractivity contribution in [1.29, 1.82) is 0 Å². The zero-order valence-electron chi connectivity index (χ0n) is 7.86. The van der Waals surface area contributed by atoms with Gasteiger partial charge in [0.05, 0.1) is 7.11 Å². The predicted molar refractivity (Wildman–Crippen MR) is 54.7 cm³/mol. The summed E-state index contributed by atoms with van der Waals surface area (Å²) in [5, 5.41) is 0. The molecule has 0 aliphatic heterocycles. The Kier molecular flexibility index (Phi) is 3.53. The van der Waals surface area contributed by atoms with Gasteiger partial charge < -0.3 is 10.5 Å². The van der Waals surface area contributed by atoms with Crippen LogP contribution in [0.25, 0.3) is 0 Å². The maximum absolute atomic E-state index is 5.93. The summed E-state index contributed by atoms with van der Waals surface area (Å²) in [5.41, 5.74) is 6.96. The number of nitrogens with two attached hydrogens (primary N) is 1. The normalized spacial score (nSPS) is 12.2. The Labute approximate surface area is 79.0 Å². The minimum absolute atomic E-state index is 0.0198. The van der Waals surface area contributed by atoms with E-state index in [0.29, 0.717) is 0 Å². The smallest absolute Gasteiger partial charge is 0.123 e. The molecule has 1 aromatic rings. The SMILES string of the molecule is C=CC[C@H](N)c1ccccc1OC. The standard InChI is InChI=1S/C11H15NO/c1-3-6-10(12)9-7-4-5-8-11(9)13-2/h3-5,7-8,10H,1,6,12H2,2H3/t10-/m0/s1. The van der Waals surface area contributed by atoms with E-state index >= 15 is 0 Å². The molecule has 0 amide bonds. The molecule has 0 aromatic heterocycles. The number of para-hydroxylation sites is 1. The molecule has 0 radical (unpaired) electrons. The molecule has 0 unspecified atom stereocenters. The molecular formula is C11H15NO. The van der Waals surface area contributed by atoms with Crippen LogP contribution in [0.4, 0.5) is 0 Å². The van der Waals surface area contributed by atoms with Crippen molar-refractivity contribution in [3.63, 3.8) is 0 Å². The second kappa shape index (κ2) is 4.67. The van der Waals surface area contributed by atoms with Crippen molar-refractivity contribution >= 4 is 0 Å². The van der Waals surface area contributed by atoms with Crippen molar-refractivity contribution in [2.24, 2.45) is 5.73 Å². The first kappa shape index (κ1) is 9.81. The summed E-state index contributed by atoms with van der Waals surface area (Å²) in [6, 6.07) is 7.77. The molecule has 0 saturated heterocycles. The van der Waals surface area contributed by atoms with Gasteiger partial charge in [-0.05, 0) is 12.5 Å². The van der Waals surface area contributed by atoms with Gasteiger partial charge in [0.25, 0.3) is 0 Å². The van der Waals surface area contributed by atoms with Gasteiger partial charge in [-0.2, -0.15) is 0 Å². The van der Waals surface area contributed by atoms with E-state index in [0.717, 1.165) is 17.7 Å². The van der Waals surface area contributed by atoms with Crippen LogP contribution in [-0.2, 0) is 0 Å². The molecule has 0 bridgehead atoms. The van der Waals surface area contributed by atoms with E-state index in [4.69, 9.17) is 10.5 Å². The lowest BCUT2D eigenvalue weighted by molar-refractivity contribution is 0.406. The van der Waals surface area contributed by atoms with E-state index in [2.05, 4.69) is 6.58 Å². The molecule has 0 fully saturated rings. The molecular weight excluding hydrogens is 162 g/mol. The molecule has 0 aliphatic rings. The zero-order valence-corrected chi connectivity index (χ0v) is 7.86. The van der Waals surface area contributed by atoms with E-state index in [-0.39, 0.29) is 6.04 Å². The van der Waals surface area contributed by atoms with Crippen molar-refractivity contribution < 1.29 is 4.74 Å². The Balaban J connectivity index is 2.91. The summed E-state index contributed by atoms with van der Waals surface area (Å²) in [5.74, 6) is 0.844. The first-order valence-corrected chi connectivity index (χ1v) is 4.29. The van der Waals surface area contributed by atoms with Crippen LogP contribution in [0, 0.1) is 0 Å².